The Kier molecular flexibility index (Phi) is 4.02. The Labute approximate surface area is 119 Å². The van der Waals surface area contributed by atoms with E-state index in [9.17, 15) is 0 Å². The average Bonchev–Trinajstić information content (AvgIpc) is 3.11. The van der Waals surface area contributed by atoms with Gasteiger partial charge in [-0.2, -0.15) is 0 Å². The zero-order valence-corrected chi connectivity index (χ0v) is 11.9. The predicted molar refractivity (Wildman–Crippen MR) is 79.2 cm³/mol. The van der Waals surface area contributed by atoms with Crippen LogP contribution in [0.1, 0.15) is 16.8 Å². The van der Waals surface area contributed by atoms with Crippen molar-refractivity contribution in [1.82, 2.24) is 14.9 Å². The van der Waals surface area contributed by atoms with Crippen molar-refractivity contribution in [2.75, 3.05) is 20.2 Å². The lowest BCUT2D eigenvalue weighted by molar-refractivity contribution is 0.357. The first-order valence-corrected chi connectivity index (χ1v) is 7.25. The Hall–Kier alpha value is -1.81. The topological polar surface area (TPSA) is 39.1 Å². The first-order chi connectivity index (χ1) is 9.85. The molecule has 0 radical (unpaired) electrons. The van der Waals surface area contributed by atoms with Crippen molar-refractivity contribution in [3.8, 4) is 5.75 Å². The molecule has 0 amide bonds. The van der Waals surface area contributed by atoms with Crippen LogP contribution in [0.2, 0.25) is 0 Å². The molecule has 0 unspecified atom stereocenters. The van der Waals surface area contributed by atoms with Crippen molar-refractivity contribution in [3.05, 3.63) is 47.5 Å². The van der Waals surface area contributed by atoms with Crippen LogP contribution < -0.4 is 10.1 Å². The number of rotatable bonds is 6. The third kappa shape index (κ3) is 3.02. The van der Waals surface area contributed by atoms with E-state index in [4.69, 9.17) is 4.74 Å². The van der Waals surface area contributed by atoms with Gasteiger partial charge in [-0.15, -0.1) is 0 Å². The van der Waals surface area contributed by atoms with Crippen molar-refractivity contribution in [2.24, 2.45) is 0 Å². The summed E-state index contributed by atoms with van der Waals surface area (Å²) in [5.41, 5.74) is 3.88. The molecule has 4 heteroatoms. The molecule has 2 heterocycles. The number of fused-ring (bicyclic) bond motifs is 1. The summed E-state index contributed by atoms with van der Waals surface area (Å²) in [5.74, 6) is 1.06. The molecule has 3 rings (SSSR count). The summed E-state index contributed by atoms with van der Waals surface area (Å²) in [6, 6.07) is 6.55. The van der Waals surface area contributed by atoms with Gasteiger partial charge in [-0.05, 0) is 30.7 Å². The minimum absolute atomic E-state index is 0.829. The summed E-state index contributed by atoms with van der Waals surface area (Å²) in [4.78, 5) is 4.43. The fourth-order valence-electron chi connectivity index (χ4n) is 2.56. The van der Waals surface area contributed by atoms with E-state index < -0.39 is 0 Å². The van der Waals surface area contributed by atoms with Crippen LogP contribution in [0.4, 0.5) is 0 Å². The maximum absolute atomic E-state index is 5.54. The quantitative estimate of drug-likeness (QED) is 0.871. The number of nitrogens with zero attached hydrogens (tertiary/aromatic N) is 2. The molecule has 0 spiro atoms. The van der Waals surface area contributed by atoms with Gasteiger partial charge in [-0.25, -0.2) is 4.98 Å². The third-order valence-corrected chi connectivity index (χ3v) is 3.73. The van der Waals surface area contributed by atoms with Gasteiger partial charge in [0.2, 0.25) is 0 Å². The van der Waals surface area contributed by atoms with Crippen LogP contribution in [-0.4, -0.2) is 29.8 Å². The van der Waals surface area contributed by atoms with E-state index in [1.54, 1.807) is 0 Å². The second-order valence-corrected chi connectivity index (χ2v) is 5.25. The molecule has 0 saturated carbocycles. The summed E-state index contributed by atoms with van der Waals surface area (Å²) in [6.45, 7) is 2.78. The van der Waals surface area contributed by atoms with Crippen LogP contribution in [0, 0.1) is 0 Å². The van der Waals surface area contributed by atoms with E-state index in [1.807, 2.05) is 13.4 Å². The maximum Gasteiger partial charge on any atom is 0.122 e. The lowest BCUT2D eigenvalue weighted by atomic mass is 10.1. The monoisotopic (exact) mass is 271 g/mol. The molecule has 0 atom stereocenters. The number of nitrogens with one attached hydrogen (secondary N) is 1. The van der Waals surface area contributed by atoms with Crippen LogP contribution in [0.5, 0.6) is 5.75 Å². The molecular formula is C16H21N3O. The molecule has 0 bridgehead atoms. The molecule has 1 N–H and O–H groups in total. The minimum Gasteiger partial charge on any atom is -0.493 e. The SMILES string of the molecule is CNCCc1cn(CCc2ccc3c(c2)CCO3)cn1. The molecule has 106 valence electrons. The van der Waals surface area contributed by atoms with Gasteiger partial charge in [0.1, 0.15) is 5.75 Å². The summed E-state index contributed by atoms with van der Waals surface area (Å²) in [6.07, 6.45) is 7.15. The van der Waals surface area contributed by atoms with E-state index in [1.165, 1.54) is 11.1 Å². The number of aromatic nitrogens is 2. The normalized spacial score (nSPS) is 13.2. The van der Waals surface area contributed by atoms with Crippen molar-refractivity contribution in [1.29, 1.82) is 0 Å². The summed E-state index contributed by atoms with van der Waals surface area (Å²) in [7, 11) is 1.97. The number of imidazole rings is 1. The molecule has 1 aromatic carbocycles. The van der Waals surface area contributed by atoms with Crippen LogP contribution in [0.25, 0.3) is 0 Å². The van der Waals surface area contributed by atoms with E-state index in [0.29, 0.717) is 0 Å². The number of benzene rings is 1. The second-order valence-electron chi connectivity index (χ2n) is 5.25. The molecule has 0 aliphatic carbocycles. The smallest absolute Gasteiger partial charge is 0.122 e. The largest absolute Gasteiger partial charge is 0.493 e. The third-order valence-electron chi connectivity index (χ3n) is 3.73. The Bertz CT molecular complexity index is 577. The summed E-state index contributed by atoms with van der Waals surface area (Å²) in [5, 5.41) is 3.15. The number of hydrogen-bond acceptors (Lipinski definition) is 3. The van der Waals surface area contributed by atoms with Crippen molar-refractivity contribution >= 4 is 0 Å². The van der Waals surface area contributed by atoms with Crippen LogP contribution >= 0.6 is 0 Å². The Balaban J connectivity index is 1.57. The summed E-state index contributed by atoms with van der Waals surface area (Å²) >= 11 is 0. The molecule has 1 aromatic heterocycles. The first-order valence-electron chi connectivity index (χ1n) is 7.25. The number of hydrogen-bond donors (Lipinski definition) is 1. The highest BCUT2D eigenvalue weighted by Crippen LogP contribution is 2.26. The molecule has 0 fully saturated rings. The lowest BCUT2D eigenvalue weighted by Gasteiger charge is -2.05. The molecule has 1 aliphatic rings. The van der Waals surface area contributed by atoms with Crippen LogP contribution in [0.15, 0.2) is 30.7 Å². The zero-order valence-electron chi connectivity index (χ0n) is 11.9. The Morgan fingerprint density at radius 3 is 3.20 bits per heavy atom. The van der Waals surface area contributed by atoms with Gasteiger partial charge in [0.05, 0.1) is 18.6 Å². The number of aryl methyl sites for hydroxylation is 2. The van der Waals surface area contributed by atoms with E-state index in [0.717, 1.165) is 50.4 Å². The molecular weight excluding hydrogens is 250 g/mol. The lowest BCUT2D eigenvalue weighted by Crippen LogP contribution is -2.10. The van der Waals surface area contributed by atoms with E-state index in [2.05, 4.69) is 39.3 Å². The average molecular weight is 271 g/mol. The van der Waals surface area contributed by atoms with Gasteiger partial charge in [0, 0.05) is 32.1 Å². The molecule has 0 saturated heterocycles. The fourth-order valence-corrected chi connectivity index (χ4v) is 2.56. The standard InChI is InChI=1S/C16H21N3O/c1-17-7-4-15-11-19(12-18-15)8-5-13-2-3-16-14(10-13)6-9-20-16/h2-3,10-12,17H,4-9H2,1H3. The van der Waals surface area contributed by atoms with Crippen LogP contribution in [-0.2, 0) is 25.8 Å². The Morgan fingerprint density at radius 2 is 2.30 bits per heavy atom. The molecule has 1 aliphatic heterocycles. The van der Waals surface area contributed by atoms with Crippen molar-refractivity contribution in [3.63, 3.8) is 0 Å². The summed E-state index contributed by atoms with van der Waals surface area (Å²) < 4.78 is 7.71. The molecule has 20 heavy (non-hydrogen) atoms. The van der Waals surface area contributed by atoms with Gasteiger partial charge >= 0.3 is 0 Å². The minimum atomic E-state index is 0.829. The highest BCUT2D eigenvalue weighted by Gasteiger charge is 2.11. The maximum atomic E-state index is 5.54. The molecule has 4 nitrogen and oxygen atoms in total. The zero-order chi connectivity index (χ0) is 13.8. The first kappa shape index (κ1) is 13.2. The fraction of sp³-hybridized carbons (Fsp3) is 0.438. The van der Waals surface area contributed by atoms with Gasteiger partial charge in [0.25, 0.3) is 0 Å². The van der Waals surface area contributed by atoms with Gasteiger partial charge in [-0.3, -0.25) is 0 Å². The van der Waals surface area contributed by atoms with Gasteiger partial charge < -0.3 is 14.6 Å². The molecule has 2 aromatic rings. The van der Waals surface area contributed by atoms with E-state index in [-0.39, 0.29) is 0 Å². The van der Waals surface area contributed by atoms with Gasteiger partial charge in [0.15, 0.2) is 0 Å². The van der Waals surface area contributed by atoms with Crippen LogP contribution in [0.3, 0.4) is 0 Å². The predicted octanol–water partition coefficient (Wildman–Crippen LogP) is 1.82. The van der Waals surface area contributed by atoms with Crippen molar-refractivity contribution < 1.29 is 4.74 Å². The Morgan fingerprint density at radius 1 is 1.35 bits per heavy atom. The van der Waals surface area contributed by atoms with Gasteiger partial charge in [-0.1, -0.05) is 12.1 Å². The second kappa shape index (κ2) is 6.09. The van der Waals surface area contributed by atoms with E-state index >= 15 is 0 Å². The highest BCUT2D eigenvalue weighted by molar-refractivity contribution is 5.39. The highest BCUT2D eigenvalue weighted by atomic mass is 16.5. The number of ether oxygens (including phenoxy) is 1. The number of likely N-dealkylation sites (N-methyl/N-ethyl adjacent to an activating group) is 1. The van der Waals surface area contributed by atoms with Crippen molar-refractivity contribution in [2.45, 2.75) is 25.8 Å².